The average Bonchev–Trinajstić information content (AvgIpc) is 3.10. The SMILES string of the molecule is CN1CCCC1C(=O)NCC(=O)c1nc2ccccc2o1. The summed E-state index contributed by atoms with van der Waals surface area (Å²) in [5.41, 5.74) is 1.21. The van der Waals surface area contributed by atoms with E-state index in [0.29, 0.717) is 11.1 Å². The number of Topliss-reactive ketones (excluding diaryl/α,β-unsaturated/α-hetero) is 1. The topological polar surface area (TPSA) is 75.4 Å². The van der Waals surface area contributed by atoms with Gasteiger partial charge in [0, 0.05) is 0 Å². The molecule has 0 saturated carbocycles. The van der Waals surface area contributed by atoms with Crippen molar-refractivity contribution in [1.82, 2.24) is 15.2 Å². The molecular formula is C15H17N3O3. The highest BCUT2D eigenvalue weighted by Crippen LogP contribution is 2.16. The highest BCUT2D eigenvalue weighted by atomic mass is 16.4. The normalized spacial score (nSPS) is 19.0. The van der Waals surface area contributed by atoms with Gasteiger partial charge in [0.1, 0.15) is 5.52 Å². The number of ketones is 1. The minimum absolute atomic E-state index is 0.0382. The van der Waals surface area contributed by atoms with Gasteiger partial charge in [-0.15, -0.1) is 0 Å². The van der Waals surface area contributed by atoms with Crippen molar-refractivity contribution in [2.45, 2.75) is 18.9 Å². The Bertz CT molecular complexity index is 647. The minimum atomic E-state index is -0.319. The molecule has 6 heteroatoms. The van der Waals surface area contributed by atoms with Crippen LogP contribution in [0.5, 0.6) is 0 Å². The third-order valence-electron chi connectivity index (χ3n) is 3.78. The Hall–Kier alpha value is -2.21. The van der Waals surface area contributed by atoms with E-state index in [9.17, 15) is 9.59 Å². The number of nitrogens with one attached hydrogen (secondary N) is 1. The predicted molar refractivity (Wildman–Crippen MR) is 77.0 cm³/mol. The fraction of sp³-hybridized carbons (Fsp3) is 0.400. The van der Waals surface area contributed by atoms with Gasteiger partial charge in [-0.25, -0.2) is 4.98 Å². The highest BCUT2D eigenvalue weighted by molar-refractivity contribution is 5.98. The molecule has 0 bridgehead atoms. The number of likely N-dealkylation sites (tertiary alicyclic amines) is 1. The molecule has 0 aliphatic carbocycles. The Balaban J connectivity index is 1.62. The number of benzene rings is 1. The lowest BCUT2D eigenvalue weighted by atomic mass is 10.2. The Labute approximate surface area is 122 Å². The molecule has 6 nitrogen and oxygen atoms in total. The van der Waals surface area contributed by atoms with Crippen molar-refractivity contribution in [3.63, 3.8) is 0 Å². The average molecular weight is 287 g/mol. The zero-order valence-corrected chi connectivity index (χ0v) is 11.8. The van der Waals surface area contributed by atoms with Gasteiger partial charge in [0.25, 0.3) is 5.89 Å². The first-order valence-electron chi connectivity index (χ1n) is 7.02. The number of aromatic nitrogens is 1. The van der Waals surface area contributed by atoms with Crippen molar-refractivity contribution in [2.24, 2.45) is 0 Å². The molecule has 21 heavy (non-hydrogen) atoms. The molecule has 1 fully saturated rings. The Kier molecular flexibility index (Phi) is 3.70. The second-order valence-corrected chi connectivity index (χ2v) is 5.27. The monoisotopic (exact) mass is 287 g/mol. The number of rotatable bonds is 4. The molecule has 1 aliphatic rings. The van der Waals surface area contributed by atoms with Crippen LogP contribution in [0.25, 0.3) is 11.1 Å². The van der Waals surface area contributed by atoms with E-state index in [4.69, 9.17) is 4.42 Å². The van der Waals surface area contributed by atoms with Crippen LogP contribution in [0, 0.1) is 0 Å². The quantitative estimate of drug-likeness (QED) is 0.856. The van der Waals surface area contributed by atoms with E-state index in [1.54, 1.807) is 12.1 Å². The van der Waals surface area contributed by atoms with Crippen LogP contribution in [0.4, 0.5) is 0 Å². The maximum Gasteiger partial charge on any atom is 0.266 e. The zero-order valence-electron chi connectivity index (χ0n) is 11.8. The smallest absolute Gasteiger partial charge is 0.266 e. The number of hydrogen-bond acceptors (Lipinski definition) is 5. The number of oxazole rings is 1. The van der Waals surface area contributed by atoms with E-state index in [1.807, 2.05) is 24.1 Å². The lowest BCUT2D eigenvalue weighted by Crippen LogP contribution is -2.43. The molecule has 1 atom stereocenters. The van der Waals surface area contributed by atoms with Crippen LogP contribution in [-0.4, -0.2) is 47.8 Å². The number of carbonyl (C=O) groups excluding carboxylic acids is 2. The van der Waals surface area contributed by atoms with Gasteiger partial charge in [-0.05, 0) is 38.6 Å². The lowest BCUT2D eigenvalue weighted by molar-refractivity contribution is -0.124. The van der Waals surface area contributed by atoms with Crippen molar-refractivity contribution < 1.29 is 14.0 Å². The summed E-state index contributed by atoms with van der Waals surface area (Å²) < 4.78 is 5.39. The minimum Gasteiger partial charge on any atom is -0.434 e. The van der Waals surface area contributed by atoms with E-state index in [-0.39, 0.29) is 30.2 Å². The summed E-state index contributed by atoms with van der Waals surface area (Å²) in [5.74, 6) is -0.393. The Morgan fingerprint density at radius 2 is 2.24 bits per heavy atom. The van der Waals surface area contributed by atoms with E-state index in [1.165, 1.54) is 0 Å². The van der Waals surface area contributed by atoms with Crippen LogP contribution in [-0.2, 0) is 4.79 Å². The van der Waals surface area contributed by atoms with Crippen LogP contribution in [0.3, 0.4) is 0 Å². The van der Waals surface area contributed by atoms with Crippen molar-refractivity contribution in [3.05, 3.63) is 30.2 Å². The number of amides is 1. The number of para-hydroxylation sites is 2. The standard InChI is InChI=1S/C15H17N3O3/c1-18-8-4-6-11(18)14(20)16-9-12(19)15-17-10-5-2-3-7-13(10)21-15/h2-3,5,7,11H,4,6,8-9H2,1H3,(H,16,20). The first-order valence-corrected chi connectivity index (χ1v) is 7.02. The van der Waals surface area contributed by atoms with Gasteiger partial charge < -0.3 is 9.73 Å². The van der Waals surface area contributed by atoms with Gasteiger partial charge in [-0.2, -0.15) is 0 Å². The molecule has 1 aromatic carbocycles. The maximum atomic E-state index is 12.0. The van der Waals surface area contributed by atoms with Crippen LogP contribution < -0.4 is 5.32 Å². The summed E-state index contributed by atoms with van der Waals surface area (Å²) in [6, 6.07) is 7.05. The first kappa shape index (κ1) is 13.8. The van der Waals surface area contributed by atoms with Gasteiger partial charge in [0.15, 0.2) is 5.58 Å². The molecule has 1 aliphatic heterocycles. The van der Waals surface area contributed by atoms with Gasteiger partial charge in [-0.1, -0.05) is 12.1 Å². The van der Waals surface area contributed by atoms with Gasteiger partial charge in [0.05, 0.1) is 12.6 Å². The summed E-state index contributed by atoms with van der Waals surface area (Å²) >= 11 is 0. The molecule has 3 rings (SSSR count). The molecule has 110 valence electrons. The Morgan fingerprint density at radius 3 is 2.95 bits per heavy atom. The number of hydrogen-bond donors (Lipinski definition) is 1. The number of carbonyl (C=O) groups is 2. The zero-order chi connectivity index (χ0) is 14.8. The molecular weight excluding hydrogens is 270 g/mol. The third-order valence-corrected chi connectivity index (χ3v) is 3.78. The summed E-state index contributed by atoms with van der Waals surface area (Å²) in [6.07, 6.45) is 1.84. The van der Waals surface area contributed by atoms with E-state index in [0.717, 1.165) is 19.4 Å². The van der Waals surface area contributed by atoms with Crippen LogP contribution >= 0.6 is 0 Å². The first-order chi connectivity index (χ1) is 10.1. The molecule has 0 spiro atoms. The summed E-state index contributed by atoms with van der Waals surface area (Å²) in [7, 11) is 1.92. The second-order valence-electron chi connectivity index (χ2n) is 5.27. The molecule has 1 amide bonds. The molecule has 1 saturated heterocycles. The molecule has 1 aromatic heterocycles. The summed E-state index contributed by atoms with van der Waals surface area (Å²) in [5, 5.41) is 2.67. The molecule has 1 unspecified atom stereocenters. The summed E-state index contributed by atoms with van der Waals surface area (Å²) in [4.78, 5) is 30.2. The van der Waals surface area contributed by atoms with Crippen molar-refractivity contribution in [1.29, 1.82) is 0 Å². The van der Waals surface area contributed by atoms with Gasteiger partial charge in [-0.3, -0.25) is 14.5 Å². The van der Waals surface area contributed by atoms with Crippen molar-refractivity contribution >= 4 is 22.8 Å². The van der Waals surface area contributed by atoms with Crippen molar-refractivity contribution in [3.8, 4) is 0 Å². The second kappa shape index (κ2) is 5.65. The molecule has 2 aromatic rings. The predicted octanol–water partition coefficient (Wildman–Crippen LogP) is 1.22. The van der Waals surface area contributed by atoms with Gasteiger partial charge >= 0.3 is 0 Å². The maximum absolute atomic E-state index is 12.0. The van der Waals surface area contributed by atoms with E-state index in [2.05, 4.69) is 10.3 Å². The van der Waals surface area contributed by atoms with Crippen molar-refractivity contribution in [2.75, 3.05) is 20.1 Å². The molecule has 1 N–H and O–H groups in total. The number of likely N-dealkylation sites (N-methyl/N-ethyl adjacent to an activating group) is 1. The third kappa shape index (κ3) is 2.80. The molecule has 0 radical (unpaired) electrons. The summed E-state index contributed by atoms with van der Waals surface area (Å²) in [6.45, 7) is 0.827. The van der Waals surface area contributed by atoms with Crippen LogP contribution in [0.15, 0.2) is 28.7 Å². The number of fused-ring (bicyclic) bond motifs is 1. The Morgan fingerprint density at radius 1 is 1.43 bits per heavy atom. The van der Waals surface area contributed by atoms with Gasteiger partial charge in [0.2, 0.25) is 11.7 Å². The highest BCUT2D eigenvalue weighted by Gasteiger charge is 2.28. The van der Waals surface area contributed by atoms with Crippen LogP contribution in [0.1, 0.15) is 23.5 Å². The van der Waals surface area contributed by atoms with E-state index >= 15 is 0 Å². The number of nitrogens with zero attached hydrogens (tertiary/aromatic N) is 2. The molecule has 2 heterocycles. The fourth-order valence-electron chi connectivity index (χ4n) is 2.59. The lowest BCUT2D eigenvalue weighted by Gasteiger charge is -2.17. The van der Waals surface area contributed by atoms with E-state index < -0.39 is 0 Å². The van der Waals surface area contributed by atoms with Crippen LogP contribution in [0.2, 0.25) is 0 Å². The fourth-order valence-corrected chi connectivity index (χ4v) is 2.59. The largest absolute Gasteiger partial charge is 0.434 e.